The maximum absolute atomic E-state index is 12.1. The molecule has 27 heavy (non-hydrogen) atoms. The second-order valence-electron chi connectivity index (χ2n) is 6.20. The Balaban J connectivity index is 1.71. The van der Waals surface area contributed by atoms with Gasteiger partial charge in [-0.25, -0.2) is 0 Å². The van der Waals surface area contributed by atoms with Gasteiger partial charge in [-0.15, -0.1) is 0 Å². The van der Waals surface area contributed by atoms with Gasteiger partial charge in [-0.2, -0.15) is 0 Å². The van der Waals surface area contributed by atoms with Crippen LogP contribution in [0.4, 0.5) is 0 Å². The molecule has 0 radical (unpaired) electrons. The Morgan fingerprint density at radius 2 is 1.70 bits per heavy atom. The van der Waals surface area contributed by atoms with Gasteiger partial charge in [-0.05, 0) is 43.5 Å². The number of hydrogen-bond acceptors (Lipinski definition) is 5. The summed E-state index contributed by atoms with van der Waals surface area (Å²) in [7, 11) is 0. The van der Waals surface area contributed by atoms with Gasteiger partial charge in [0.05, 0.1) is 5.56 Å². The minimum absolute atomic E-state index is 0.0324. The number of unbranched alkanes of at least 4 members (excludes halogenated alkanes) is 1. The molecular weight excluding hydrogens is 346 g/mol. The number of phenolic OH excluding ortho intramolecular Hbond substituents is 2. The van der Waals surface area contributed by atoms with Gasteiger partial charge in [-0.3, -0.25) is 9.59 Å². The third kappa shape index (κ3) is 6.00. The van der Waals surface area contributed by atoms with Gasteiger partial charge >= 0.3 is 0 Å². The molecule has 2 aromatic rings. The molecule has 0 aliphatic carbocycles. The summed E-state index contributed by atoms with van der Waals surface area (Å²) in [5.41, 5.74) is 6.36. The van der Waals surface area contributed by atoms with Crippen LogP contribution in [-0.2, 0) is 0 Å². The van der Waals surface area contributed by atoms with Crippen molar-refractivity contribution < 1.29 is 19.8 Å². The molecule has 0 fully saturated rings. The normalized spacial score (nSPS) is 11.6. The zero-order valence-corrected chi connectivity index (χ0v) is 15.0. The average molecular weight is 371 g/mol. The van der Waals surface area contributed by atoms with Crippen molar-refractivity contribution >= 4 is 11.8 Å². The Hall–Kier alpha value is -3.06. The molecule has 0 saturated heterocycles. The Morgan fingerprint density at radius 3 is 2.41 bits per heavy atom. The van der Waals surface area contributed by atoms with E-state index in [-0.39, 0.29) is 23.3 Å². The summed E-state index contributed by atoms with van der Waals surface area (Å²) in [5, 5.41) is 24.7. The van der Waals surface area contributed by atoms with Crippen LogP contribution >= 0.6 is 0 Å². The molecule has 2 aromatic carbocycles. The molecular formula is C20H25N3O4. The standard InChI is InChI=1S/C20H25N3O4/c21-13-15(23-19(26)14-7-2-1-3-8-14)9-4-5-12-22-20(27)16-10-6-11-17(24)18(16)25/h1-3,6-8,10-11,15,24-25H,4-5,9,12-13,21H2,(H,22,27)(H,23,26)/t15-/m0/s1. The zero-order chi connectivity index (χ0) is 19.6. The largest absolute Gasteiger partial charge is 0.504 e. The Labute approximate surface area is 158 Å². The first-order valence-corrected chi connectivity index (χ1v) is 8.88. The highest BCUT2D eigenvalue weighted by atomic mass is 16.3. The van der Waals surface area contributed by atoms with Crippen molar-refractivity contribution in [3.05, 3.63) is 59.7 Å². The monoisotopic (exact) mass is 371 g/mol. The lowest BCUT2D eigenvalue weighted by Crippen LogP contribution is -2.40. The summed E-state index contributed by atoms with van der Waals surface area (Å²) in [4.78, 5) is 24.2. The van der Waals surface area contributed by atoms with E-state index in [2.05, 4.69) is 10.6 Å². The summed E-state index contributed by atoms with van der Waals surface area (Å²) in [5.74, 6) is -1.36. The first-order chi connectivity index (χ1) is 13.0. The summed E-state index contributed by atoms with van der Waals surface area (Å²) < 4.78 is 0. The number of para-hydroxylation sites is 1. The zero-order valence-electron chi connectivity index (χ0n) is 15.0. The van der Waals surface area contributed by atoms with E-state index in [1.165, 1.54) is 18.2 Å². The van der Waals surface area contributed by atoms with Crippen molar-refractivity contribution in [2.45, 2.75) is 25.3 Å². The second kappa shape index (κ2) is 10.2. The lowest BCUT2D eigenvalue weighted by atomic mass is 10.1. The van der Waals surface area contributed by atoms with Crippen LogP contribution in [0.15, 0.2) is 48.5 Å². The molecule has 0 bridgehead atoms. The molecule has 1 atom stereocenters. The minimum atomic E-state index is -0.448. The maximum atomic E-state index is 12.1. The molecule has 0 aliphatic rings. The number of amides is 2. The van der Waals surface area contributed by atoms with Crippen molar-refractivity contribution in [1.29, 1.82) is 0 Å². The van der Waals surface area contributed by atoms with Crippen LogP contribution in [0.1, 0.15) is 40.0 Å². The molecule has 7 heteroatoms. The van der Waals surface area contributed by atoms with Crippen LogP contribution in [-0.4, -0.2) is 41.2 Å². The highest BCUT2D eigenvalue weighted by molar-refractivity contribution is 5.97. The van der Waals surface area contributed by atoms with Crippen molar-refractivity contribution in [2.24, 2.45) is 5.73 Å². The molecule has 7 nitrogen and oxygen atoms in total. The highest BCUT2D eigenvalue weighted by Crippen LogP contribution is 2.27. The minimum Gasteiger partial charge on any atom is -0.504 e. The lowest BCUT2D eigenvalue weighted by molar-refractivity contribution is 0.0934. The fraction of sp³-hybridized carbons (Fsp3) is 0.300. The van der Waals surface area contributed by atoms with Crippen LogP contribution in [0.3, 0.4) is 0 Å². The Bertz CT molecular complexity index is 765. The van der Waals surface area contributed by atoms with E-state index in [0.29, 0.717) is 31.5 Å². The molecule has 0 saturated carbocycles. The van der Waals surface area contributed by atoms with Crippen molar-refractivity contribution in [3.8, 4) is 11.5 Å². The van der Waals surface area contributed by atoms with Gasteiger partial charge in [0.2, 0.25) is 0 Å². The number of carbonyl (C=O) groups is 2. The van der Waals surface area contributed by atoms with Crippen LogP contribution in [0, 0.1) is 0 Å². The molecule has 0 aliphatic heterocycles. The van der Waals surface area contributed by atoms with E-state index in [1.807, 2.05) is 6.07 Å². The summed E-state index contributed by atoms with van der Waals surface area (Å²) in [6.07, 6.45) is 2.16. The van der Waals surface area contributed by atoms with Crippen molar-refractivity contribution in [2.75, 3.05) is 13.1 Å². The van der Waals surface area contributed by atoms with E-state index in [9.17, 15) is 19.8 Å². The maximum Gasteiger partial charge on any atom is 0.255 e. The van der Waals surface area contributed by atoms with Crippen LogP contribution in [0.2, 0.25) is 0 Å². The van der Waals surface area contributed by atoms with Crippen LogP contribution in [0.5, 0.6) is 11.5 Å². The number of hydrogen-bond donors (Lipinski definition) is 5. The number of aromatic hydroxyl groups is 2. The summed E-state index contributed by atoms with van der Waals surface area (Å²) in [6.45, 7) is 0.750. The Kier molecular flexibility index (Phi) is 7.63. The van der Waals surface area contributed by atoms with E-state index >= 15 is 0 Å². The predicted molar refractivity (Wildman–Crippen MR) is 103 cm³/mol. The number of rotatable bonds is 9. The van der Waals surface area contributed by atoms with Crippen LogP contribution < -0.4 is 16.4 Å². The molecule has 0 unspecified atom stereocenters. The molecule has 0 heterocycles. The van der Waals surface area contributed by atoms with E-state index in [1.54, 1.807) is 24.3 Å². The molecule has 2 amide bonds. The SMILES string of the molecule is NC[C@H](CCCCNC(=O)c1cccc(O)c1O)NC(=O)c1ccccc1. The number of nitrogens with one attached hydrogen (secondary N) is 2. The smallest absolute Gasteiger partial charge is 0.255 e. The number of phenols is 2. The third-order valence-electron chi connectivity index (χ3n) is 4.18. The molecule has 144 valence electrons. The quantitative estimate of drug-likeness (QED) is 0.339. The van der Waals surface area contributed by atoms with Gasteiger partial charge in [0.25, 0.3) is 11.8 Å². The molecule has 6 N–H and O–H groups in total. The first-order valence-electron chi connectivity index (χ1n) is 8.88. The number of nitrogens with two attached hydrogens (primary N) is 1. The van der Waals surface area contributed by atoms with Crippen LogP contribution in [0.25, 0.3) is 0 Å². The van der Waals surface area contributed by atoms with E-state index in [4.69, 9.17) is 5.73 Å². The number of carbonyl (C=O) groups excluding carboxylic acids is 2. The topological polar surface area (TPSA) is 125 Å². The number of benzene rings is 2. The third-order valence-corrected chi connectivity index (χ3v) is 4.18. The van der Waals surface area contributed by atoms with Gasteiger partial charge in [-0.1, -0.05) is 24.3 Å². The van der Waals surface area contributed by atoms with Crippen molar-refractivity contribution in [1.82, 2.24) is 10.6 Å². The first kappa shape index (κ1) is 20.3. The fourth-order valence-corrected chi connectivity index (χ4v) is 2.63. The molecule has 0 aromatic heterocycles. The molecule has 0 spiro atoms. The van der Waals surface area contributed by atoms with E-state index < -0.39 is 11.7 Å². The summed E-state index contributed by atoms with van der Waals surface area (Å²) >= 11 is 0. The van der Waals surface area contributed by atoms with Gasteiger partial charge in [0.1, 0.15) is 0 Å². The second-order valence-corrected chi connectivity index (χ2v) is 6.20. The van der Waals surface area contributed by atoms with Crippen molar-refractivity contribution in [3.63, 3.8) is 0 Å². The predicted octanol–water partition coefficient (Wildman–Crippen LogP) is 1.76. The van der Waals surface area contributed by atoms with Gasteiger partial charge in [0.15, 0.2) is 11.5 Å². The van der Waals surface area contributed by atoms with Gasteiger partial charge < -0.3 is 26.6 Å². The van der Waals surface area contributed by atoms with Gasteiger partial charge in [0, 0.05) is 24.7 Å². The highest BCUT2D eigenvalue weighted by Gasteiger charge is 2.14. The van der Waals surface area contributed by atoms with E-state index in [0.717, 1.165) is 6.42 Å². The lowest BCUT2D eigenvalue weighted by Gasteiger charge is -2.17. The summed E-state index contributed by atoms with van der Waals surface area (Å²) in [6, 6.07) is 13.1. The average Bonchev–Trinajstić information content (AvgIpc) is 2.69. The Morgan fingerprint density at radius 1 is 0.963 bits per heavy atom. The fourth-order valence-electron chi connectivity index (χ4n) is 2.63. The molecule has 2 rings (SSSR count).